The Morgan fingerprint density at radius 2 is 1.00 bits per heavy atom. The van der Waals surface area contributed by atoms with Crippen molar-refractivity contribution in [2.75, 3.05) is 0 Å². The van der Waals surface area contributed by atoms with Crippen molar-refractivity contribution < 1.29 is 53.6 Å². The van der Waals surface area contributed by atoms with Crippen molar-refractivity contribution in [3.05, 3.63) is 0 Å². The third kappa shape index (κ3) is 9.00. The van der Waals surface area contributed by atoms with E-state index in [9.17, 15) is 0 Å². The molecule has 0 amide bonds. The van der Waals surface area contributed by atoms with Crippen LogP contribution in [0, 0.1) is 0 Å². The topological polar surface area (TPSA) is 0 Å². The molecule has 0 nitrogen and oxygen atoms in total. The van der Waals surface area contributed by atoms with Crippen LogP contribution in [0.4, 0.5) is 0 Å². The fraction of sp³-hybridized carbons (Fsp3) is 0. The summed E-state index contributed by atoms with van der Waals surface area (Å²) in [6, 6.07) is 0. The van der Waals surface area contributed by atoms with Crippen LogP contribution >= 0.6 is 0 Å². The second kappa shape index (κ2) is 16.3. The third-order valence-corrected chi connectivity index (χ3v) is 0. The molecule has 0 aromatic rings. The van der Waals surface area contributed by atoms with Crippen LogP contribution in [-0.2, 0) is 53.6 Å². The quantitative estimate of drug-likeness (QED) is 0.480. The van der Waals surface area contributed by atoms with Gasteiger partial charge in [0.15, 0.2) is 0 Å². The van der Waals surface area contributed by atoms with Crippen LogP contribution in [0.5, 0.6) is 0 Å². The van der Waals surface area contributed by atoms with Gasteiger partial charge < -0.3 is 0 Å². The van der Waals surface area contributed by atoms with E-state index in [0.717, 1.165) is 0 Å². The molecule has 0 bridgehead atoms. The maximum Gasteiger partial charge on any atom is 0 e. The van der Waals surface area contributed by atoms with Gasteiger partial charge in [-0.1, -0.05) is 0 Å². The summed E-state index contributed by atoms with van der Waals surface area (Å²) in [6.07, 6.45) is 0. The van der Waals surface area contributed by atoms with Crippen LogP contribution in [-0.4, -0.2) is 51.4 Å². The zero-order chi connectivity index (χ0) is 0. The molecule has 0 saturated heterocycles. The summed E-state index contributed by atoms with van der Waals surface area (Å²) in [5.74, 6) is 0. The van der Waals surface area contributed by atoms with Gasteiger partial charge in [0.05, 0.1) is 0 Å². The largest absolute Gasteiger partial charge is 0 e. The fourth-order valence-electron chi connectivity index (χ4n) is 0. The summed E-state index contributed by atoms with van der Waals surface area (Å²) < 4.78 is 0. The number of rotatable bonds is 0. The Bertz CT molecular complexity index is 8.00. The molecule has 23 valence electrons. The first-order valence-corrected chi connectivity index (χ1v) is 0. The Labute approximate surface area is 102 Å². The van der Waals surface area contributed by atoms with Crippen LogP contribution < -0.4 is 0 Å². The minimum absolute atomic E-state index is 0. The molecule has 0 fully saturated rings. The maximum absolute atomic E-state index is 0. The summed E-state index contributed by atoms with van der Waals surface area (Å²) in [5, 5.41) is 0. The van der Waals surface area contributed by atoms with Crippen molar-refractivity contribution >= 4 is 51.4 Å². The van der Waals surface area contributed by atoms with E-state index in [-0.39, 0.29) is 105 Å². The van der Waals surface area contributed by atoms with E-state index < -0.39 is 0 Å². The first-order valence-electron chi connectivity index (χ1n) is 0. The Balaban J connectivity index is 0. The van der Waals surface area contributed by atoms with Crippen molar-refractivity contribution in [3.8, 4) is 0 Å². The number of hydrogen-bond acceptors (Lipinski definition) is 0. The molecule has 4 heteroatoms. The van der Waals surface area contributed by atoms with Gasteiger partial charge in [-0.25, -0.2) is 0 Å². The normalized spacial score (nSPS) is 0. The van der Waals surface area contributed by atoms with Crippen molar-refractivity contribution in [1.82, 2.24) is 0 Å². The summed E-state index contributed by atoms with van der Waals surface area (Å²) >= 11 is 0. The second-order valence-electron chi connectivity index (χ2n) is 0. The molecule has 0 aliphatic rings. The number of hydrogen-bond donors (Lipinski definition) is 0. The van der Waals surface area contributed by atoms with Crippen LogP contribution in [0.15, 0.2) is 0 Å². The van der Waals surface area contributed by atoms with Gasteiger partial charge >= 0.3 is 51.4 Å². The summed E-state index contributed by atoms with van der Waals surface area (Å²) in [6.45, 7) is 0. The van der Waals surface area contributed by atoms with E-state index in [1.54, 1.807) is 0 Å². The van der Waals surface area contributed by atoms with Crippen LogP contribution in [0.3, 0.4) is 0 Å². The SMILES string of the molecule is [Cu].[Fe].[KH].[Zn]. The van der Waals surface area contributed by atoms with Gasteiger partial charge in [-0.15, -0.1) is 0 Å². The monoisotopic (exact) mass is 223 g/mol. The van der Waals surface area contributed by atoms with Crippen LogP contribution in [0.1, 0.15) is 0 Å². The molecule has 0 atom stereocenters. The van der Waals surface area contributed by atoms with Crippen molar-refractivity contribution in [3.63, 3.8) is 0 Å². The Morgan fingerprint density at radius 3 is 1.00 bits per heavy atom. The average Bonchev–Trinajstić information content (AvgIpc) is 0. The fourth-order valence-corrected chi connectivity index (χ4v) is 0. The molecule has 0 aliphatic heterocycles. The third-order valence-electron chi connectivity index (χ3n) is 0. The van der Waals surface area contributed by atoms with E-state index in [4.69, 9.17) is 0 Å². The van der Waals surface area contributed by atoms with Gasteiger partial charge in [0.25, 0.3) is 0 Å². The zero-order valence-corrected chi connectivity index (χ0v) is 6.38. The molecule has 0 rings (SSSR count). The summed E-state index contributed by atoms with van der Waals surface area (Å²) in [7, 11) is 0. The Kier molecular flexibility index (Phi) is 108. The Hall–Kier alpha value is 3.30. The molecular formula is HCuFeKZn. The van der Waals surface area contributed by atoms with Gasteiger partial charge in [-0.3, -0.25) is 0 Å². The van der Waals surface area contributed by atoms with E-state index in [1.807, 2.05) is 0 Å². The van der Waals surface area contributed by atoms with E-state index in [1.165, 1.54) is 0 Å². The van der Waals surface area contributed by atoms with E-state index >= 15 is 0 Å². The summed E-state index contributed by atoms with van der Waals surface area (Å²) in [5.41, 5.74) is 0. The first-order chi connectivity index (χ1) is 0. The predicted molar refractivity (Wildman–Crippen MR) is 7.15 cm³/mol. The van der Waals surface area contributed by atoms with Crippen molar-refractivity contribution in [2.24, 2.45) is 0 Å². The molecule has 0 spiro atoms. The Morgan fingerprint density at radius 1 is 1.00 bits per heavy atom. The van der Waals surface area contributed by atoms with Gasteiger partial charge in [0.1, 0.15) is 0 Å². The van der Waals surface area contributed by atoms with Crippen LogP contribution in [0.25, 0.3) is 0 Å². The standard InChI is InChI=1S/Cu.Fe.K.Zn.H. The zero-order valence-electron chi connectivity index (χ0n) is 1.36. The van der Waals surface area contributed by atoms with Gasteiger partial charge in [-0.2, -0.15) is 0 Å². The molecule has 0 aliphatic carbocycles. The molecule has 4 heavy (non-hydrogen) atoms. The van der Waals surface area contributed by atoms with Crippen molar-refractivity contribution in [2.45, 2.75) is 0 Å². The molecular weight excluding hydrogens is 224 g/mol. The molecule has 1 radical (unpaired) electrons. The predicted octanol–water partition coefficient (Wildman–Crippen LogP) is -0.656. The molecule has 0 saturated carbocycles. The van der Waals surface area contributed by atoms with Gasteiger partial charge in [0, 0.05) is 53.6 Å². The van der Waals surface area contributed by atoms with E-state index in [2.05, 4.69) is 0 Å². The molecule has 0 aromatic heterocycles. The van der Waals surface area contributed by atoms with Gasteiger partial charge in [-0.05, 0) is 0 Å². The second-order valence-corrected chi connectivity index (χ2v) is 0. The minimum atomic E-state index is 0. The molecule has 0 N–H and O–H groups in total. The van der Waals surface area contributed by atoms with Crippen molar-refractivity contribution in [1.29, 1.82) is 0 Å². The van der Waals surface area contributed by atoms with E-state index in [0.29, 0.717) is 0 Å². The summed E-state index contributed by atoms with van der Waals surface area (Å²) in [4.78, 5) is 0. The average molecular weight is 225 g/mol. The minimum Gasteiger partial charge on any atom is 0 e. The first kappa shape index (κ1) is 26.6. The molecule has 0 heterocycles. The maximum atomic E-state index is 0. The van der Waals surface area contributed by atoms with Gasteiger partial charge in [0.2, 0.25) is 0 Å². The molecule has 0 unspecified atom stereocenters. The van der Waals surface area contributed by atoms with Crippen LogP contribution in [0.2, 0.25) is 0 Å². The molecule has 0 aromatic carbocycles. The smallest absolute Gasteiger partial charge is 0 e.